The second-order valence-electron chi connectivity index (χ2n) is 2.78. The van der Waals surface area contributed by atoms with Crippen LogP contribution in [0.2, 0.25) is 0 Å². The predicted octanol–water partition coefficient (Wildman–Crippen LogP) is 0.756. The molecular weight excluding hydrogens is 262 g/mol. The number of pyridine rings is 1. The van der Waals surface area contributed by atoms with Gasteiger partial charge in [-0.3, -0.25) is 4.79 Å². The molecule has 1 atom stereocenters. The van der Waals surface area contributed by atoms with Gasteiger partial charge in [-0.2, -0.15) is 0 Å². The second-order valence-corrected chi connectivity index (χ2v) is 3.64. The summed E-state index contributed by atoms with van der Waals surface area (Å²) in [6.45, 7) is 0.132. The number of ether oxygens (including phenoxy) is 1. The number of nitrogens with one attached hydrogen (secondary N) is 1. The topological polar surface area (TPSA) is 77.2 Å². The summed E-state index contributed by atoms with van der Waals surface area (Å²) in [5, 5.41) is 2.61. The van der Waals surface area contributed by atoms with Gasteiger partial charge in [0.15, 0.2) is 0 Å². The number of nitrogens with two attached hydrogens (primary N) is 1. The molecule has 1 amide bonds. The van der Waals surface area contributed by atoms with E-state index in [1.54, 1.807) is 18.3 Å². The molecule has 15 heavy (non-hydrogen) atoms. The van der Waals surface area contributed by atoms with Crippen molar-refractivity contribution in [1.29, 1.82) is 0 Å². The molecule has 1 unspecified atom stereocenters. The summed E-state index contributed by atoms with van der Waals surface area (Å²) in [5.74, 6) is 0.150. The van der Waals surface area contributed by atoms with Crippen molar-refractivity contribution in [2.45, 2.75) is 6.10 Å². The van der Waals surface area contributed by atoms with Crippen molar-refractivity contribution in [3.8, 4) is 0 Å². The predicted molar refractivity (Wildman–Crippen MR) is 60.4 cm³/mol. The molecule has 0 aromatic carbocycles. The van der Waals surface area contributed by atoms with Gasteiger partial charge in [0.05, 0.1) is 4.47 Å². The molecule has 1 rings (SSSR count). The van der Waals surface area contributed by atoms with Crippen LogP contribution < -0.4 is 11.1 Å². The van der Waals surface area contributed by atoms with Crippen LogP contribution in [0.4, 0.5) is 5.82 Å². The van der Waals surface area contributed by atoms with Gasteiger partial charge >= 0.3 is 0 Å². The first-order chi connectivity index (χ1) is 7.19. The zero-order chi connectivity index (χ0) is 11.3. The first-order valence-corrected chi connectivity index (χ1v) is 5.12. The minimum Gasteiger partial charge on any atom is -0.370 e. The maximum Gasteiger partial charge on any atom is 0.255 e. The molecule has 0 bridgehead atoms. The molecule has 82 valence electrons. The lowest BCUT2D eigenvalue weighted by Crippen LogP contribution is -2.36. The third-order valence-electron chi connectivity index (χ3n) is 1.79. The minimum atomic E-state index is -0.654. The molecule has 0 aliphatic carbocycles. The van der Waals surface area contributed by atoms with E-state index in [2.05, 4.69) is 26.2 Å². The molecule has 1 aromatic heterocycles. The molecular formula is C9H12BrN3O2. The van der Waals surface area contributed by atoms with E-state index in [1.165, 1.54) is 7.11 Å². The number of methoxy groups -OCH3 is 1. The van der Waals surface area contributed by atoms with E-state index >= 15 is 0 Å². The van der Waals surface area contributed by atoms with Crippen molar-refractivity contribution >= 4 is 27.7 Å². The fourth-order valence-corrected chi connectivity index (χ4v) is 1.34. The average Bonchev–Trinajstić information content (AvgIpc) is 2.23. The Kier molecular flexibility index (Phi) is 4.67. The van der Waals surface area contributed by atoms with E-state index in [0.717, 1.165) is 0 Å². The maximum atomic E-state index is 11.6. The quantitative estimate of drug-likeness (QED) is 0.849. The normalized spacial score (nSPS) is 12.2. The molecule has 0 saturated heterocycles. The first kappa shape index (κ1) is 12.1. The van der Waals surface area contributed by atoms with Crippen molar-refractivity contribution < 1.29 is 9.53 Å². The van der Waals surface area contributed by atoms with Crippen LogP contribution in [-0.2, 0) is 9.53 Å². The van der Waals surface area contributed by atoms with Gasteiger partial charge in [0, 0.05) is 19.9 Å². The van der Waals surface area contributed by atoms with Crippen molar-refractivity contribution in [1.82, 2.24) is 4.98 Å². The van der Waals surface area contributed by atoms with Gasteiger partial charge in [0.1, 0.15) is 11.9 Å². The number of carbonyl (C=O) groups is 1. The second kappa shape index (κ2) is 5.79. The zero-order valence-corrected chi connectivity index (χ0v) is 9.82. The maximum absolute atomic E-state index is 11.6. The van der Waals surface area contributed by atoms with E-state index in [4.69, 9.17) is 10.5 Å². The Hall–Kier alpha value is -0.980. The van der Waals surface area contributed by atoms with Gasteiger partial charge in [-0.15, -0.1) is 0 Å². The standard InChI is InChI=1S/C9H12BrN3O2/c1-15-7(5-11)9(14)13-8-6(10)3-2-4-12-8/h2-4,7H,5,11H2,1H3,(H,12,13,14). The summed E-state index contributed by atoms with van der Waals surface area (Å²) in [7, 11) is 1.44. The van der Waals surface area contributed by atoms with Gasteiger partial charge in [-0.1, -0.05) is 0 Å². The van der Waals surface area contributed by atoms with Crippen molar-refractivity contribution in [3.05, 3.63) is 22.8 Å². The number of halogens is 1. The molecule has 5 nitrogen and oxygen atoms in total. The molecule has 0 spiro atoms. The van der Waals surface area contributed by atoms with Crippen molar-refractivity contribution in [3.63, 3.8) is 0 Å². The molecule has 3 N–H and O–H groups in total. The lowest BCUT2D eigenvalue weighted by Gasteiger charge is -2.12. The summed E-state index contributed by atoms with van der Waals surface area (Å²) in [5.41, 5.74) is 5.36. The number of nitrogens with zero attached hydrogens (tertiary/aromatic N) is 1. The SMILES string of the molecule is COC(CN)C(=O)Nc1ncccc1Br. The fourth-order valence-electron chi connectivity index (χ4n) is 0.985. The number of hydrogen-bond donors (Lipinski definition) is 2. The Morgan fingerprint density at radius 2 is 2.53 bits per heavy atom. The van der Waals surface area contributed by atoms with E-state index in [9.17, 15) is 4.79 Å². The van der Waals surface area contributed by atoms with Crippen LogP contribution >= 0.6 is 15.9 Å². The highest BCUT2D eigenvalue weighted by atomic mass is 79.9. The van der Waals surface area contributed by atoms with Crippen molar-refractivity contribution in [2.24, 2.45) is 5.73 Å². The monoisotopic (exact) mass is 273 g/mol. The van der Waals surface area contributed by atoms with Crippen LogP contribution in [-0.4, -0.2) is 30.6 Å². The molecule has 0 radical (unpaired) electrons. The molecule has 6 heteroatoms. The number of aromatic nitrogens is 1. The van der Waals surface area contributed by atoms with Gasteiger partial charge in [0.25, 0.3) is 5.91 Å². The average molecular weight is 274 g/mol. The number of hydrogen-bond acceptors (Lipinski definition) is 4. The number of rotatable bonds is 4. The van der Waals surface area contributed by atoms with Gasteiger partial charge in [-0.05, 0) is 28.1 Å². The number of amides is 1. The Morgan fingerprint density at radius 1 is 1.80 bits per heavy atom. The Morgan fingerprint density at radius 3 is 3.07 bits per heavy atom. The van der Waals surface area contributed by atoms with Gasteiger partial charge < -0.3 is 15.8 Å². The van der Waals surface area contributed by atoms with Crippen LogP contribution in [0, 0.1) is 0 Å². The number of anilines is 1. The highest BCUT2D eigenvalue weighted by Crippen LogP contribution is 2.18. The molecule has 1 aromatic rings. The summed E-state index contributed by atoms with van der Waals surface area (Å²) in [4.78, 5) is 15.5. The molecule has 0 fully saturated rings. The summed E-state index contributed by atoms with van der Waals surface area (Å²) >= 11 is 3.27. The highest BCUT2D eigenvalue weighted by molar-refractivity contribution is 9.10. The van der Waals surface area contributed by atoms with Crippen LogP contribution in [0.1, 0.15) is 0 Å². The molecule has 0 aliphatic rings. The van der Waals surface area contributed by atoms with Crippen molar-refractivity contribution in [2.75, 3.05) is 19.0 Å². The van der Waals surface area contributed by atoms with Crippen LogP contribution in [0.15, 0.2) is 22.8 Å². The van der Waals surface area contributed by atoms with Crippen LogP contribution in [0.3, 0.4) is 0 Å². The minimum absolute atomic E-state index is 0.132. The summed E-state index contributed by atoms with van der Waals surface area (Å²) in [6, 6.07) is 3.54. The van der Waals surface area contributed by atoms with E-state index in [-0.39, 0.29) is 12.5 Å². The third-order valence-corrected chi connectivity index (χ3v) is 2.43. The largest absolute Gasteiger partial charge is 0.370 e. The first-order valence-electron chi connectivity index (χ1n) is 4.33. The number of carbonyl (C=O) groups excluding carboxylic acids is 1. The van der Waals surface area contributed by atoms with E-state index < -0.39 is 6.10 Å². The Labute approximate surface area is 96.1 Å². The fraction of sp³-hybridized carbons (Fsp3) is 0.333. The van der Waals surface area contributed by atoms with Gasteiger partial charge in [0.2, 0.25) is 0 Å². The lowest BCUT2D eigenvalue weighted by molar-refractivity contribution is -0.125. The smallest absolute Gasteiger partial charge is 0.255 e. The molecule has 0 aliphatic heterocycles. The Bertz CT molecular complexity index is 342. The summed E-state index contributed by atoms with van der Waals surface area (Å²) in [6.07, 6.45) is 0.934. The van der Waals surface area contributed by atoms with E-state index in [0.29, 0.717) is 10.3 Å². The lowest BCUT2D eigenvalue weighted by atomic mass is 10.3. The van der Waals surface area contributed by atoms with Crippen LogP contribution in [0.25, 0.3) is 0 Å². The third kappa shape index (κ3) is 3.26. The summed E-state index contributed by atoms with van der Waals surface area (Å²) < 4.78 is 5.61. The molecule has 1 heterocycles. The zero-order valence-electron chi connectivity index (χ0n) is 8.24. The van der Waals surface area contributed by atoms with E-state index in [1.807, 2.05) is 0 Å². The Balaban J connectivity index is 2.70. The highest BCUT2D eigenvalue weighted by Gasteiger charge is 2.16. The van der Waals surface area contributed by atoms with Gasteiger partial charge in [-0.25, -0.2) is 4.98 Å². The van der Waals surface area contributed by atoms with Crippen LogP contribution in [0.5, 0.6) is 0 Å². The molecule has 0 saturated carbocycles.